The number of aromatic nitrogens is 3. The lowest BCUT2D eigenvalue weighted by molar-refractivity contribution is -0.116. The molecule has 0 aliphatic heterocycles. The fraction of sp³-hybridized carbons (Fsp3) is 0.562. The zero-order chi connectivity index (χ0) is 15.1. The minimum Gasteiger partial charge on any atom is -0.359 e. The molecule has 0 unspecified atom stereocenters. The number of nitrogens with zero attached hydrogens (tertiary/aromatic N) is 3. The van der Waals surface area contributed by atoms with E-state index in [0.717, 1.165) is 48.5 Å². The molecule has 6 heteroatoms. The molecule has 2 aliphatic rings. The Morgan fingerprint density at radius 1 is 1.41 bits per heavy atom. The van der Waals surface area contributed by atoms with E-state index in [9.17, 15) is 4.79 Å². The highest BCUT2D eigenvalue weighted by Gasteiger charge is 2.32. The van der Waals surface area contributed by atoms with Crippen molar-refractivity contribution in [3.05, 3.63) is 29.2 Å². The van der Waals surface area contributed by atoms with Crippen LogP contribution in [0.4, 0.5) is 5.69 Å². The van der Waals surface area contributed by atoms with Crippen LogP contribution in [0.15, 0.2) is 10.9 Å². The van der Waals surface area contributed by atoms with Gasteiger partial charge >= 0.3 is 0 Å². The van der Waals surface area contributed by atoms with Crippen LogP contribution in [0.2, 0.25) is 0 Å². The summed E-state index contributed by atoms with van der Waals surface area (Å²) < 4.78 is 7.34. The Balaban J connectivity index is 1.49. The van der Waals surface area contributed by atoms with Crippen molar-refractivity contribution in [1.29, 1.82) is 0 Å². The Hall–Kier alpha value is -2.11. The van der Waals surface area contributed by atoms with E-state index in [-0.39, 0.29) is 5.91 Å². The van der Waals surface area contributed by atoms with Crippen LogP contribution in [0.25, 0.3) is 0 Å². The molecule has 1 fully saturated rings. The molecular formula is C16H20N4O2. The molecule has 116 valence electrons. The van der Waals surface area contributed by atoms with Crippen LogP contribution in [0.3, 0.4) is 0 Å². The molecular weight excluding hydrogens is 280 g/mol. The standard InChI is InChI=1S/C16H20N4O2/c1-10-15(16(22-19-10)11-6-7-11)18-14(21)8-20-9-17-12-4-2-3-5-13(12)20/h9,11H,2-8H2,1H3,(H,18,21). The van der Waals surface area contributed by atoms with Crippen LogP contribution in [0.1, 0.15) is 54.4 Å². The number of fused-ring (bicyclic) bond motifs is 1. The molecule has 1 saturated carbocycles. The largest absolute Gasteiger partial charge is 0.359 e. The van der Waals surface area contributed by atoms with E-state index in [4.69, 9.17) is 4.52 Å². The molecule has 2 heterocycles. The summed E-state index contributed by atoms with van der Waals surface area (Å²) in [6.07, 6.45) is 8.44. The molecule has 4 rings (SSSR count). The number of hydrogen-bond acceptors (Lipinski definition) is 4. The van der Waals surface area contributed by atoms with Crippen molar-refractivity contribution >= 4 is 11.6 Å². The lowest BCUT2D eigenvalue weighted by Crippen LogP contribution is -2.21. The predicted molar refractivity (Wildman–Crippen MR) is 80.7 cm³/mol. The molecule has 1 N–H and O–H groups in total. The normalized spacial score (nSPS) is 17.3. The highest BCUT2D eigenvalue weighted by atomic mass is 16.5. The van der Waals surface area contributed by atoms with Gasteiger partial charge in [-0.05, 0) is 45.4 Å². The van der Waals surface area contributed by atoms with Gasteiger partial charge in [-0.1, -0.05) is 5.16 Å². The maximum absolute atomic E-state index is 12.4. The Morgan fingerprint density at radius 3 is 3.05 bits per heavy atom. The molecule has 2 aliphatic carbocycles. The highest BCUT2D eigenvalue weighted by molar-refractivity contribution is 5.91. The van der Waals surface area contributed by atoms with E-state index in [1.54, 1.807) is 6.33 Å². The molecule has 0 spiro atoms. The maximum atomic E-state index is 12.4. The minimum atomic E-state index is -0.0426. The Kier molecular flexibility index (Phi) is 3.24. The lowest BCUT2D eigenvalue weighted by atomic mass is 10.0. The zero-order valence-electron chi connectivity index (χ0n) is 12.8. The summed E-state index contributed by atoms with van der Waals surface area (Å²) in [5, 5.41) is 6.97. The number of hydrogen-bond donors (Lipinski definition) is 1. The zero-order valence-corrected chi connectivity index (χ0v) is 12.8. The molecule has 0 atom stereocenters. The molecule has 6 nitrogen and oxygen atoms in total. The van der Waals surface area contributed by atoms with E-state index in [1.807, 2.05) is 11.5 Å². The van der Waals surface area contributed by atoms with Crippen molar-refractivity contribution in [2.45, 2.75) is 57.9 Å². The second-order valence-corrected chi connectivity index (χ2v) is 6.30. The van der Waals surface area contributed by atoms with E-state index < -0.39 is 0 Å². The number of amides is 1. The molecule has 0 bridgehead atoms. The van der Waals surface area contributed by atoms with Crippen molar-refractivity contribution in [2.24, 2.45) is 0 Å². The van der Waals surface area contributed by atoms with Gasteiger partial charge in [0.1, 0.15) is 17.9 Å². The van der Waals surface area contributed by atoms with Crippen molar-refractivity contribution in [2.75, 3.05) is 5.32 Å². The predicted octanol–water partition coefficient (Wildman–Crippen LogP) is 2.57. The Labute approximate surface area is 128 Å². The van der Waals surface area contributed by atoms with Crippen LogP contribution in [0, 0.1) is 6.92 Å². The molecule has 1 amide bonds. The van der Waals surface area contributed by atoms with Gasteiger partial charge in [-0.2, -0.15) is 0 Å². The van der Waals surface area contributed by atoms with Crippen molar-refractivity contribution < 1.29 is 9.32 Å². The van der Waals surface area contributed by atoms with Gasteiger partial charge in [-0.25, -0.2) is 4.98 Å². The fourth-order valence-electron chi connectivity index (χ4n) is 3.16. The smallest absolute Gasteiger partial charge is 0.244 e. The van der Waals surface area contributed by atoms with Crippen molar-refractivity contribution in [3.8, 4) is 0 Å². The third-order valence-electron chi connectivity index (χ3n) is 4.53. The first-order chi connectivity index (χ1) is 10.7. The summed E-state index contributed by atoms with van der Waals surface area (Å²) in [6, 6.07) is 0. The van der Waals surface area contributed by atoms with E-state index in [0.29, 0.717) is 12.5 Å². The summed E-state index contributed by atoms with van der Waals surface area (Å²) >= 11 is 0. The maximum Gasteiger partial charge on any atom is 0.244 e. The quantitative estimate of drug-likeness (QED) is 0.942. The molecule has 0 aromatic carbocycles. The lowest BCUT2D eigenvalue weighted by Gasteiger charge is -2.14. The SMILES string of the molecule is Cc1noc(C2CC2)c1NC(=O)Cn1cnc2c1CCCC2. The van der Waals surface area contributed by atoms with Gasteiger partial charge in [0.25, 0.3) is 0 Å². The molecule has 0 radical (unpaired) electrons. The molecule has 2 aromatic heterocycles. The van der Waals surface area contributed by atoms with Crippen LogP contribution >= 0.6 is 0 Å². The Morgan fingerprint density at radius 2 is 2.23 bits per heavy atom. The number of nitrogens with one attached hydrogen (secondary N) is 1. The number of imidazole rings is 1. The first-order valence-electron chi connectivity index (χ1n) is 8.01. The number of rotatable bonds is 4. The average Bonchev–Trinajstić information content (AvgIpc) is 3.20. The monoisotopic (exact) mass is 300 g/mol. The van der Waals surface area contributed by atoms with Gasteiger partial charge in [0, 0.05) is 11.6 Å². The average molecular weight is 300 g/mol. The summed E-state index contributed by atoms with van der Waals surface area (Å²) in [7, 11) is 0. The van der Waals surface area contributed by atoms with E-state index in [1.165, 1.54) is 18.5 Å². The summed E-state index contributed by atoms with van der Waals surface area (Å²) in [6.45, 7) is 2.17. The van der Waals surface area contributed by atoms with Crippen LogP contribution in [-0.4, -0.2) is 20.6 Å². The number of carbonyl (C=O) groups excluding carboxylic acids is 1. The Bertz CT molecular complexity index is 712. The van der Waals surface area contributed by atoms with Crippen LogP contribution in [0.5, 0.6) is 0 Å². The van der Waals surface area contributed by atoms with E-state index in [2.05, 4.69) is 15.5 Å². The van der Waals surface area contributed by atoms with E-state index >= 15 is 0 Å². The van der Waals surface area contributed by atoms with Gasteiger partial charge in [0.05, 0.1) is 12.0 Å². The second-order valence-electron chi connectivity index (χ2n) is 6.30. The van der Waals surface area contributed by atoms with Crippen LogP contribution < -0.4 is 5.32 Å². The summed E-state index contributed by atoms with van der Waals surface area (Å²) in [5.74, 6) is 1.22. The third-order valence-corrected chi connectivity index (χ3v) is 4.53. The van der Waals surface area contributed by atoms with Gasteiger partial charge in [-0.3, -0.25) is 4.79 Å². The van der Waals surface area contributed by atoms with Crippen molar-refractivity contribution in [1.82, 2.24) is 14.7 Å². The fourth-order valence-corrected chi connectivity index (χ4v) is 3.16. The first-order valence-corrected chi connectivity index (χ1v) is 8.01. The number of carbonyl (C=O) groups is 1. The molecule has 22 heavy (non-hydrogen) atoms. The molecule has 2 aromatic rings. The first kappa shape index (κ1) is 13.5. The topological polar surface area (TPSA) is 73.0 Å². The third kappa shape index (κ3) is 2.42. The van der Waals surface area contributed by atoms with Gasteiger partial charge in [0.15, 0.2) is 5.76 Å². The van der Waals surface area contributed by atoms with Gasteiger partial charge in [0.2, 0.25) is 5.91 Å². The van der Waals surface area contributed by atoms with Gasteiger partial charge < -0.3 is 14.4 Å². The summed E-state index contributed by atoms with van der Waals surface area (Å²) in [4.78, 5) is 16.8. The van der Waals surface area contributed by atoms with Gasteiger partial charge in [-0.15, -0.1) is 0 Å². The van der Waals surface area contributed by atoms with Crippen molar-refractivity contribution in [3.63, 3.8) is 0 Å². The minimum absolute atomic E-state index is 0.0426. The van der Waals surface area contributed by atoms with Crippen LogP contribution in [-0.2, 0) is 24.2 Å². The molecule has 0 saturated heterocycles. The number of aryl methyl sites for hydroxylation is 2. The second kappa shape index (κ2) is 5.26. The highest BCUT2D eigenvalue weighted by Crippen LogP contribution is 2.44. The number of anilines is 1. The summed E-state index contributed by atoms with van der Waals surface area (Å²) in [5.41, 5.74) is 3.88.